The van der Waals surface area contributed by atoms with Crippen molar-refractivity contribution in [1.29, 1.82) is 0 Å². The van der Waals surface area contributed by atoms with Crippen LogP contribution in [0.4, 0.5) is 11.8 Å². The quantitative estimate of drug-likeness (QED) is 0.397. The van der Waals surface area contributed by atoms with Crippen molar-refractivity contribution in [3.8, 4) is 0 Å². The lowest BCUT2D eigenvalue weighted by Gasteiger charge is -2.52. The molecule has 2 aliphatic heterocycles. The minimum Gasteiger partial charge on any atom is -0.481 e. The fourth-order valence-electron chi connectivity index (χ4n) is 6.55. The Morgan fingerprint density at radius 1 is 1.11 bits per heavy atom. The van der Waals surface area contributed by atoms with Crippen LogP contribution < -0.4 is 10.2 Å². The minimum absolute atomic E-state index is 0.0126. The van der Waals surface area contributed by atoms with Gasteiger partial charge in [-0.25, -0.2) is 4.98 Å². The number of nitrogens with one attached hydrogen (secondary N) is 1. The van der Waals surface area contributed by atoms with Crippen LogP contribution in [0.5, 0.6) is 0 Å². The van der Waals surface area contributed by atoms with Gasteiger partial charge in [-0.1, -0.05) is 29.3 Å². The van der Waals surface area contributed by atoms with E-state index in [0.29, 0.717) is 33.8 Å². The fourth-order valence-corrected chi connectivity index (χ4v) is 7.12. The second-order valence-corrected chi connectivity index (χ2v) is 13.1. The molecule has 1 aromatic carbocycles. The van der Waals surface area contributed by atoms with Gasteiger partial charge >= 0.3 is 5.97 Å². The highest BCUT2D eigenvalue weighted by Crippen LogP contribution is 2.46. The number of nitrogens with zero attached hydrogens (tertiary/aromatic N) is 4. The molecule has 7 nitrogen and oxygen atoms in total. The Morgan fingerprint density at radius 2 is 1.87 bits per heavy atom. The number of aliphatic carboxylic acids is 1. The third kappa shape index (κ3) is 5.22. The van der Waals surface area contributed by atoms with Crippen LogP contribution in [-0.4, -0.2) is 58.2 Å². The summed E-state index contributed by atoms with van der Waals surface area (Å²) in [5.74, 6) is 2.85. The molecule has 4 fully saturated rings. The predicted molar refractivity (Wildman–Crippen MR) is 151 cm³/mol. The first-order valence-electron chi connectivity index (χ1n) is 14.0. The van der Waals surface area contributed by atoms with Gasteiger partial charge in [0, 0.05) is 47.7 Å². The Hall–Kier alpha value is -2.09. The van der Waals surface area contributed by atoms with Crippen LogP contribution in [0.1, 0.15) is 75.6 Å². The van der Waals surface area contributed by atoms with Crippen LogP contribution in [0, 0.1) is 17.3 Å². The predicted octanol–water partition coefficient (Wildman–Crippen LogP) is 6.24. The van der Waals surface area contributed by atoms with Crippen molar-refractivity contribution >= 4 is 40.9 Å². The number of carboxylic acid groups (broad SMARTS) is 1. The lowest BCUT2D eigenvalue weighted by atomic mass is 9.65. The molecule has 9 heteroatoms. The summed E-state index contributed by atoms with van der Waals surface area (Å²) in [6, 6.07) is 8.12. The first-order valence-corrected chi connectivity index (χ1v) is 14.8. The van der Waals surface area contributed by atoms with Crippen LogP contribution in [-0.2, 0) is 4.79 Å². The summed E-state index contributed by atoms with van der Waals surface area (Å²) < 4.78 is 0. The summed E-state index contributed by atoms with van der Waals surface area (Å²) in [4.78, 5) is 26.3. The van der Waals surface area contributed by atoms with E-state index in [9.17, 15) is 9.90 Å². The lowest BCUT2D eigenvalue weighted by molar-refractivity contribution is -0.158. The Labute approximate surface area is 234 Å². The molecule has 2 saturated carbocycles. The molecule has 204 valence electrons. The number of anilines is 2. The summed E-state index contributed by atoms with van der Waals surface area (Å²) in [6.07, 6.45) is 6.40. The fraction of sp³-hybridized carbons (Fsp3) is 0.621. The van der Waals surface area contributed by atoms with Gasteiger partial charge in [-0.3, -0.25) is 4.79 Å². The van der Waals surface area contributed by atoms with E-state index >= 15 is 0 Å². The van der Waals surface area contributed by atoms with Crippen molar-refractivity contribution in [1.82, 2.24) is 14.9 Å². The summed E-state index contributed by atoms with van der Waals surface area (Å²) in [6.45, 7) is 8.15. The van der Waals surface area contributed by atoms with Gasteiger partial charge in [-0.15, -0.1) is 0 Å². The van der Waals surface area contributed by atoms with Crippen LogP contribution in [0.15, 0.2) is 24.3 Å². The maximum absolute atomic E-state index is 11.5. The second kappa shape index (κ2) is 10.1. The van der Waals surface area contributed by atoms with Gasteiger partial charge < -0.3 is 20.2 Å². The Morgan fingerprint density at radius 3 is 2.55 bits per heavy atom. The Balaban J connectivity index is 1.09. The number of piperidine rings is 1. The molecule has 6 rings (SSSR count). The van der Waals surface area contributed by atoms with Crippen LogP contribution in [0.3, 0.4) is 0 Å². The van der Waals surface area contributed by atoms with Gasteiger partial charge in [-0.2, -0.15) is 4.98 Å². The van der Waals surface area contributed by atoms with Crippen molar-refractivity contribution in [2.75, 3.05) is 36.4 Å². The molecule has 2 N–H and O–H groups in total. The summed E-state index contributed by atoms with van der Waals surface area (Å²) >= 11 is 12.6. The maximum Gasteiger partial charge on any atom is 0.309 e. The van der Waals surface area contributed by atoms with Gasteiger partial charge in [0.1, 0.15) is 5.82 Å². The van der Waals surface area contributed by atoms with Crippen LogP contribution in [0.25, 0.3) is 0 Å². The standard InChI is InChI=1S/C29H37Cl2N5O2/c1-17(23-8-7-21(30)10-24(23)31)32-26-11-25(18-5-6-18)33-28(34-26)36-15-20(16-36)19-4-3-9-35(14-19)22-12-29(2,13-22)27(37)38/h7-8,10-11,17-20,22H,3-6,9,12-16H2,1-2H3,(H,37,38)(H,32,33,34)/t17?,19-,22?,29?/m0/s1. The maximum atomic E-state index is 11.5. The number of hydrogen-bond donors (Lipinski definition) is 2. The molecule has 3 heterocycles. The highest BCUT2D eigenvalue weighted by Gasteiger charge is 2.49. The lowest BCUT2D eigenvalue weighted by Crippen LogP contribution is -2.58. The zero-order chi connectivity index (χ0) is 26.6. The van der Waals surface area contributed by atoms with E-state index in [4.69, 9.17) is 33.2 Å². The summed E-state index contributed by atoms with van der Waals surface area (Å²) in [5.41, 5.74) is 1.59. The van der Waals surface area contributed by atoms with Crippen molar-refractivity contribution in [3.05, 3.63) is 45.6 Å². The molecule has 2 atom stereocenters. The van der Waals surface area contributed by atoms with E-state index in [1.807, 2.05) is 19.1 Å². The van der Waals surface area contributed by atoms with Crippen molar-refractivity contribution < 1.29 is 9.90 Å². The van der Waals surface area contributed by atoms with E-state index in [0.717, 1.165) is 62.0 Å². The Kier molecular flexibility index (Phi) is 6.98. The number of aromatic nitrogens is 2. The van der Waals surface area contributed by atoms with Crippen molar-refractivity contribution in [2.45, 2.75) is 70.4 Å². The molecule has 0 radical (unpaired) electrons. The average molecular weight is 559 g/mol. The molecule has 0 bridgehead atoms. The molecule has 2 saturated heterocycles. The van der Waals surface area contributed by atoms with Crippen LogP contribution >= 0.6 is 23.2 Å². The van der Waals surface area contributed by atoms with Gasteiger partial charge in [0.2, 0.25) is 5.95 Å². The number of carboxylic acids is 1. The smallest absolute Gasteiger partial charge is 0.309 e. The minimum atomic E-state index is -0.648. The molecule has 1 unspecified atom stereocenters. The van der Waals surface area contributed by atoms with Gasteiger partial charge in [-0.05, 0) is 88.4 Å². The van der Waals surface area contributed by atoms with Gasteiger partial charge in [0.25, 0.3) is 0 Å². The zero-order valence-corrected chi connectivity index (χ0v) is 23.7. The van der Waals surface area contributed by atoms with E-state index in [-0.39, 0.29) is 6.04 Å². The highest BCUT2D eigenvalue weighted by molar-refractivity contribution is 6.35. The first kappa shape index (κ1) is 26.1. The van der Waals surface area contributed by atoms with Gasteiger partial charge in [0.05, 0.1) is 17.2 Å². The van der Waals surface area contributed by atoms with E-state index < -0.39 is 11.4 Å². The van der Waals surface area contributed by atoms with Crippen molar-refractivity contribution in [3.63, 3.8) is 0 Å². The molecule has 0 spiro atoms. The largest absolute Gasteiger partial charge is 0.481 e. The molecule has 2 aliphatic carbocycles. The number of benzene rings is 1. The normalized spacial score (nSPS) is 28.9. The molecular weight excluding hydrogens is 521 g/mol. The molecule has 38 heavy (non-hydrogen) atoms. The SMILES string of the molecule is CC(Nc1cc(C2CC2)nc(N2CC([C@H]3CCCN(C4CC(C)(C(=O)O)C4)C3)C2)n1)c1ccc(Cl)cc1Cl. The zero-order valence-electron chi connectivity index (χ0n) is 22.2. The Bertz CT molecular complexity index is 1210. The topological polar surface area (TPSA) is 81.6 Å². The first-order chi connectivity index (χ1) is 18.2. The van der Waals surface area contributed by atoms with Gasteiger partial charge in [0.15, 0.2) is 0 Å². The van der Waals surface area contributed by atoms with Crippen molar-refractivity contribution in [2.24, 2.45) is 17.3 Å². The molecule has 2 aromatic rings. The number of halogens is 2. The third-order valence-electron chi connectivity index (χ3n) is 9.28. The third-order valence-corrected chi connectivity index (χ3v) is 9.84. The monoisotopic (exact) mass is 557 g/mol. The molecule has 4 aliphatic rings. The highest BCUT2D eigenvalue weighted by atomic mass is 35.5. The van der Waals surface area contributed by atoms with E-state index in [2.05, 4.69) is 28.1 Å². The van der Waals surface area contributed by atoms with E-state index in [1.54, 1.807) is 6.07 Å². The molecule has 0 amide bonds. The number of rotatable bonds is 8. The van der Waals surface area contributed by atoms with E-state index in [1.165, 1.54) is 25.7 Å². The number of carbonyl (C=O) groups is 1. The second-order valence-electron chi connectivity index (χ2n) is 12.3. The number of likely N-dealkylation sites (tertiary alicyclic amines) is 1. The molecular formula is C29H37Cl2N5O2. The molecule has 1 aromatic heterocycles. The summed E-state index contributed by atoms with van der Waals surface area (Å²) in [7, 11) is 0. The average Bonchev–Trinajstić information content (AvgIpc) is 3.66. The number of hydrogen-bond acceptors (Lipinski definition) is 6. The van der Waals surface area contributed by atoms with Crippen LogP contribution in [0.2, 0.25) is 10.0 Å². The summed E-state index contributed by atoms with van der Waals surface area (Å²) in [5, 5.41) is 14.3.